The molecule has 0 unspecified atom stereocenters. The lowest BCUT2D eigenvalue weighted by atomic mass is 9.98. The van der Waals surface area contributed by atoms with Crippen LogP contribution in [0.4, 0.5) is 0 Å². The smallest absolute Gasteiger partial charge is 0.221 e. The molecule has 3 aromatic heterocycles. The maximum Gasteiger partial charge on any atom is 0.221 e. The molecule has 5 nitrogen and oxygen atoms in total. The summed E-state index contributed by atoms with van der Waals surface area (Å²) in [5.74, 6) is 5.56. The van der Waals surface area contributed by atoms with Gasteiger partial charge in [0.25, 0.3) is 0 Å². The van der Waals surface area contributed by atoms with Crippen LogP contribution in [0.25, 0.3) is 5.65 Å². The fraction of sp³-hybridized carbons (Fsp3) is 0.222. The molecule has 1 aliphatic heterocycles. The summed E-state index contributed by atoms with van der Waals surface area (Å²) in [5, 5.41) is 13.7. The topological polar surface area (TPSA) is 66.6 Å². The number of pyridine rings is 1. The van der Waals surface area contributed by atoms with E-state index in [9.17, 15) is 4.79 Å². The van der Waals surface area contributed by atoms with Crippen LogP contribution in [0.5, 0.6) is 0 Å². The van der Waals surface area contributed by atoms with Crippen LogP contribution in [0.2, 0.25) is 0 Å². The van der Waals surface area contributed by atoms with Crippen LogP contribution in [-0.2, 0) is 11.3 Å². The van der Waals surface area contributed by atoms with Gasteiger partial charge in [0, 0.05) is 34.4 Å². The Morgan fingerprint density at radius 2 is 2.38 bits per heavy atom. The molecule has 0 radical (unpaired) electrons. The van der Waals surface area contributed by atoms with Gasteiger partial charge in [-0.15, -0.1) is 11.3 Å². The molecule has 1 amide bonds. The Bertz CT molecular complexity index is 977. The average molecular weight is 337 g/mol. The minimum absolute atomic E-state index is 0.0269. The molecule has 0 aliphatic carbocycles. The Kier molecular flexibility index (Phi) is 3.81. The van der Waals surface area contributed by atoms with Gasteiger partial charge in [-0.05, 0) is 18.2 Å². The lowest BCUT2D eigenvalue weighted by Gasteiger charge is -2.13. The maximum atomic E-state index is 12.1. The van der Waals surface area contributed by atoms with Crippen molar-refractivity contribution in [2.45, 2.75) is 18.9 Å². The Hall–Kier alpha value is -2.62. The highest BCUT2D eigenvalue weighted by Gasteiger charge is 2.29. The molecular weight excluding hydrogens is 322 g/mol. The Balaban J connectivity index is 1.85. The number of carbonyl (C=O) groups is 1. The van der Waals surface area contributed by atoms with Crippen LogP contribution < -0.4 is 5.32 Å². The number of carbonyl (C=O) groups excluding carboxylic acids is 1. The number of hydrogen-bond acceptors (Lipinski definition) is 4. The molecule has 0 fully saturated rings. The molecule has 0 spiro atoms. The van der Waals surface area contributed by atoms with Crippen molar-refractivity contribution < 1.29 is 9.90 Å². The zero-order chi connectivity index (χ0) is 16.5. The zero-order valence-corrected chi connectivity index (χ0v) is 13.6. The molecule has 0 bridgehead atoms. The van der Waals surface area contributed by atoms with Crippen molar-refractivity contribution in [2.24, 2.45) is 0 Å². The number of rotatable bonds is 1. The average Bonchev–Trinajstić information content (AvgIpc) is 3.17. The van der Waals surface area contributed by atoms with Crippen molar-refractivity contribution >= 4 is 22.9 Å². The zero-order valence-electron chi connectivity index (χ0n) is 12.8. The first-order valence-corrected chi connectivity index (χ1v) is 8.55. The standard InChI is InChI=1S/C18H15N3O2S/c22-7-3-4-12-8-15(24-11-12)13-9-17(23)19-10-14-18(13)21-6-2-1-5-16(21)20-14/h1-2,5-6,8,11,13,22H,7,9-10H2,(H,19,23)/t13-/m0/s1. The second-order valence-electron chi connectivity index (χ2n) is 5.60. The molecule has 0 aromatic carbocycles. The summed E-state index contributed by atoms with van der Waals surface area (Å²) in [6.07, 6.45) is 2.38. The molecule has 2 N–H and O–H groups in total. The van der Waals surface area contributed by atoms with Gasteiger partial charge in [0.05, 0.1) is 17.9 Å². The van der Waals surface area contributed by atoms with Crippen LogP contribution >= 0.6 is 11.3 Å². The second kappa shape index (κ2) is 6.11. The number of fused-ring (bicyclic) bond motifs is 3. The molecule has 1 atom stereocenters. The van der Waals surface area contributed by atoms with Crippen LogP contribution in [0, 0.1) is 11.8 Å². The number of aliphatic hydroxyl groups excluding tert-OH is 1. The van der Waals surface area contributed by atoms with E-state index >= 15 is 0 Å². The van der Waals surface area contributed by atoms with Crippen molar-refractivity contribution in [3.8, 4) is 11.8 Å². The number of hydrogen-bond donors (Lipinski definition) is 2. The van der Waals surface area contributed by atoms with E-state index in [-0.39, 0.29) is 18.4 Å². The SMILES string of the molecule is O=C1C[C@@H](c2cc(C#CCO)cs2)c2c(nc3ccccn23)CN1. The van der Waals surface area contributed by atoms with Gasteiger partial charge in [-0.2, -0.15) is 0 Å². The number of imidazole rings is 1. The Labute approximate surface area is 143 Å². The van der Waals surface area contributed by atoms with E-state index in [4.69, 9.17) is 5.11 Å². The first-order valence-electron chi connectivity index (χ1n) is 7.67. The van der Waals surface area contributed by atoms with E-state index in [0.29, 0.717) is 13.0 Å². The fourth-order valence-corrected chi connectivity index (χ4v) is 4.02. The number of amides is 1. The van der Waals surface area contributed by atoms with Gasteiger partial charge in [-0.1, -0.05) is 17.9 Å². The molecule has 24 heavy (non-hydrogen) atoms. The quantitative estimate of drug-likeness (QED) is 0.667. The first-order chi connectivity index (χ1) is 11.8. The Morgan fingerprint density at radius 3 is 3.25 bits per heavy atom. The van der Waals surface area contributed by atoms with E-state index in [0.717, 1.165) is 27.5 Å². The van der Waals surface area contributed by atoms with Gasteiger partial charge in [0.15, 0.2) is 0 Å². The van der Waals surface area contributed by atoms with Crippen molar-refractivity contribution in [3.05, 3.63) is 57.7 Å². The van der Waals surface area contributed by atoms with Crippen molar-refractivity contribution in [1.82, 2.24) is 14.7 Å². The number of thiophene rings is 1. The third-order valence-corrected chi connectivity index (χ3v) is 5.14. The lowest BCUT2D eigenvalue weighted by molar-refractivity contribution is -0.121. The highest BCUT2D eigenvalue weighted by atomic mass is 32.1. The van der Waals surface area contributed by atoms with Crippen LogP contribution in [-0.4, -0.2) is 27.0 Å². The number of aromatic nitrogens is 2. The van der Waals surface area contributed by atoms with Crippen molar-refractivity contribution in [2.75, 3.05) is 6.61 Å². The van der Waals surface area contributed by atoms with Crippen molar-refractivity contribution in [1.29, 1.82) is 0 Å². The van der Waals surface area contributed by atoms with E-state index in [1.165, 1.54) is 0 Å². The molecule has 4 heterocycles. The van der Waals surface area contributed by atoms with Crippen LogP contribution in [0.3, 0.4) is 0 Å². The van der Waals surface area contributed by atoms with E-state index in [1.807, 2.05) is 35.8 Å². The predicted molar refractivity (Wildman–Crippen MR) is 91.8 cm³/mol. The fourth-order valence-electron chi connectivity index (χ4n) is 3.08. The van der Waals surface area contributed by atoms with Gasteiger partial charge in [0.1, 0.15) is 12.3 Å². The van der Waals surface area contributed by atoms with Gasteiger partial charge >= 0.3 is 0 Å². The molecule has 1 aliphatic rings. The summed E-state index contributed by atoms with van der Waals surface area (Å²) in [6.45, 7) is 0.295. The van der Waals surface area contributed by atoms with E-state index in [2.05, 4.69) is 26.5 Å². The normalized spacial score (nSPS) is 16.9. The maximum absolute atomic E-state index is 12.1. The molecule has 0 saturated carbocycles. The number of nitrogens with one attached hydrogen (secondary N) is 1. The van der Waals surface area contributed by atoms with Gasteiger partial charge in [-0.3, -0.25) is 4.79 Å². The summed E-state index contributed by atoms with van der Waals surface area (Å²) in [6, 6.07) is 7.91. The minimum Gasteiger partial charge on any atom is -0.384 e. The highest BCUT2D eigenvalue weighted by molar-refractivity contribution is 7.10. The van der Waals surface area contributed by atoms with Gasteiger partial charge in [0.2, 0.25) is 5.91 Å². The third-order valence-electron chi connectivity index (χ3n) is 4.09. The van der Waals surface area contributed by atoms with Crippen LogP contribution in [0.15, 0.2) is 35.8 Å². The summed E-state index contributed by atoms with van der Waals surface area (Å²) in [5.41, 5.74) is 3.73. The molecule has 4 rings (SSSR count). The van der Waals surface area contributed by atoms with Crippen LogP contribution in [0.1, 0.15) is 34.2 Å². The molecule has 120 valence electrons. The largest absolute Gasteiger partial charge is 0.384 e. The van der Waals surface area contributed by atoms with Gasteiger partial charge in [-0.25, -0.2) is 4.98 Å². The summed E-state index contributed by atoms with van der Waals surface area (Å²) in [7, 11) is 0. The first kappa shape index (κ1) is 14.9. The summed E-state index contributed by atoms with van der Waals surface area (Å²) < 4.78 is 2.07. The van der Waals surface area contributed by atoms with Crippen molar-refractivity contribution in [3.63, 3.8) is 0 Å². The molecule has 0 saturated heterocycles. The van der Waals surface area contributed by atoms with Gasteiger partial charge < -0.3 is 14.8 Å². The van der Waals surface area contributed by atoms with E-state index in [1.54, 1.807) is 11.3 Å². The minimum atomic E-state index is -0.158. The predicted octanol–water partition coefficient (Wildman–Crippen LogP) is 1.89. The monoisotopic (exact) mass is 337 g/mol. The Morgan fingerprint density at radius 1 is 1.46 bits per heavy atom. The second-order valence-corrected chi connectivity index (χ2v) is 6.55. The molecule has 6 heteroatoms. The lowest BCUT2D eigenvalue weighted by Crippen LogP contribution is -2.21. The number of nitrogens with zero attached hydrogens (tertiary/aromatic N) is 2. The third kappa shape index (κ3) is 2.58. The summed E-state index contributed by atoms with van der Waals surface area (Å²) >= 11 is 1.59. The highest BCUT2D eigenvalue weighted by Crippen LogP contribution is 2.36. The molecule has 3 aromatic rings. The summed E-state index contributed by atoms with van der Waals surface area (Å²) in [4.78, 5) is 17.9. The number of aliphatic hydroxyl groups is 1. The van der Waals surface area contributed by atoms with E-state index < -0.39 is 0 Å². The molecular formula is C18H15N3O2S.